The number of fused-ring (bicyclic) bond motifs is 1. The number of carbonyl (C=O) groups is 1. The second-order valence-electron chi connectivity index (χ2n) is 6.48. The van der Waals surface area contributed by atoms with Gasteiger partial charge in [-0.05, 0) is 29.8 Å². The number of nitriles is 1. The third kappa shape index (κ3) is 2.84. The van der Waals surface area contributed by atoms with Gasteiger partial charge >= 0.3 is 0 Å². The van der Waals surface area contributed by atoms with Crippen LogP contribution in [0, 0.1) is 17.2 Å². The Morgan fingerprint density at radius 2 is 2.27 bits per heavy atom. The normalized spacial score (nSPS) is 14.0. The summed E-state index contributed by atoms with van der Waals surface area (Å²) in [6, 6.07) is 7.83. The van der Waals surface area contributed by atoms with Crippen LogP contribution in [0.3, 0.4) is 0 Å². The standard InChI is InChI=1S/C20H17N5O/c1-2-17(26)5-13-11-25(12-13)16-7-18-19(10-24-20(18)23-9-16)14-3-4-22-15(6-14)8-21/h2-4,6-7,9-10,13H,1,5,11-12H2,(H,23,24). The van der Waals surface area contributed by atoms with Crippen LogP contribution in [0.15, 0.2) is 49.4 Å². The lowest BCUT2D eigenvalue weighted by atomic mass is 9.93. The number of carbonyl (C=O) groups excluding carboxylic acids is 1. The van der Waals surface area contributed by atoms with Crippen LogP contribution >= 0.6 is 0 Å². The highest BCUT2D eigenvalue weighted by Gasteiger charge is 2.28. The van der Waals surface area contributed by atoms with Gasteiger partial charge in [-0.1, -0.05) is 6.58 Å². The molecule has 3 aromatic heterocycles. The van der Waals surface area contributed by atoms with Crippen molar-refractivity contribution in [3.8, 4) is 17.2 Å². The van der Waals surface area contributed by atoms with Crippen LogP contribution in [-0.2, 0) is 4.79 Å². The van der Waals surface area contributed by atoms with Crippen LogP contribution in [0.4, 0.5) is 5.69 Å². The van der Waals surface area contributed by atoms with Gasteiger partial charge in [-0.15, -0.1) is 0 Å². The Kier molecular flexibility index (Phi) is 3.98. The summed E-state index contributed by atoms with van der Waals surface area (Å²) < 4.78 is 0. The van der Waals surface area contributed by atoms with Crippen molar-refractivity contribution < 1.29 is 4.79 Å². The van der Waals surface area contributed by atoms with E-state index in [1.807, 2.05) is 18.5 Å². The number of H-pyrrole nitrogens is 1. The van der Waals surface area contributed by atoms with E-state index in [1.54, 1.807) is 12.3 Å². The molecular formula is C20H17N5O. The molecule has 1 aliphatic heterocycles. The minimum absolute atomic E-state index is 0.0992. The molecule has 0 atom stereocenters. The summed E-state index contributed by atoms with van der Waals surface area (Å²) in [7, 11) is 0. The molecule has 1 fully saturated rings. The highest BCUT2D eigenvalue weighted by molar-refractivity contribution is 5.95. The maximum absolute atomic E-state index is 11.5. The fourth-order valence-electron chi connectivity index (χ4n) is 3.34. The first kappa shape index (κ1) is 16.0. The number of pyridine rings is 2. The van der Waals surface area contributed by atoms with Crippen molar-refractivity contribution in [1.29, 1.82) is 5.26 Å². The van der Waals surface area contributed by atoms with Crippen LogP contribution in [0.5, 0.6) is 0 Å². The molecule has 0 bridgehead atoms. The lowest BCUT2D eigenvalue weighted by Crippen LogP contribution is -2.47. The van der Waals surface area contributed by atoms with Gasteiger partial charge in [0.15, 0.2) is 5.78 Å². The SMILES string of the molecule is C=CC(=O)CC1CN(c2cnc3[nH]cc(-c4ccnc(C#N)c4)c3c2)C1. The van der Waals surface area contributed by atoms with Gasteiger partial charge in [-0.3, -0.25) is 4.79 Å². The summed E-state index contributed by atoms with van der Waals surface area (Å²) in [4.78, 5) is 25.4. The van der Waals surface area contributed by atoms with Gasteiger partial charge in [-0.25, -0.2) is 9.97 Å². The molecule has 1 aliphatic rings. The average Bonchev–Trinajstić information content (AvgIpc) is 3.07. The quantitative estimate of drug-likeness (QED) is 0.720. The lowest BCUT2D eigenvalue weighted by molar-refractivity contribution is -0.115. The smallest absolute Gasteiger partial charge is 0.155 e. The molecule has 4 rings (SSSR count). The van der Waals surface area contributed by atoms with Crippen molar-refractivity contribution in [2.24, 2.45) is 5.92 Å². The van der Waals surface area contributed by atoms with E-state index < -0.39 is 0 Å². The zero-order valence-electron chi connectivity index (χ0n) is 14.1. The van der Waals surface area contributed by atoms with E-state index in [0.717, 1.165) is 40.9 Å². The molecule has 26 heavy (non-hydrogen) atoms. The maximum Gasteiger partial charge on any atom is 0.155 e. The lowest BCUT2D eigenvalue weighted by Gasteiger charge is -2.40. The van der Waals surface area contributed by atoms with Gasteiger partial charge in [0, 0.05) is 48.8 Å². The Morgan fingerprint density at radius 1 is 1.42 bits per heavy atom. The fraction of sp³-hybridized carbons (Fsp3) is 0.200. The van der Waals surface area contributed by atoms with E-state index in [-0.39, 0.29) is 5.78 Å². The molecule has 1 N–H and O–H groups in total. The van der Waals surface area contributed by atoms with Crippen LogP contribution in [0.25, 0.3) is 22.2 Å². The third-order valence-corrected chi connectivity index (χ3v) is 4.74. The summed E-state index contributed by atoms with van der Waals surface area (Å²) in [6.45, 7) is 5.22. The van der Waals surface area contributed by atoms with Crippen molar-refractivity contribution in [3.63, 3.8) is 0 Å². The van der Waals surface area contributed by atoms with E-state index in [4.69, 9.17) is 5.26 Å². The number of aromatic nitrogens is 3. The summed E-state index contributed by atoms with van der Waals surface area (Å²) in [6.07, 6.45) is 7.34. The Bertz CT molecular complexity index is 1040. The minimum Gasteiger partial charge on any atom is -0.370 e. The zero-order chi connectivity index (χ0) is 18.1. The van der Waals surface area contributed by atoms with Gasteiger partial charge in [0.2, 0.25) is 0 Å². The number of hydrogen-bond acceptors (Lipinski definition) is 5. The number of allylic oxidation sites excluding steroid dienone is 1. The first-order chi connectivity index (χ1) is 12.7. The van der Waals surface area contributed by atoms with Crippen LogP contribution in [0.2, 0.25) is 0 Å². The van der Waals surface area contributed by atoms with Crippen molar-refractivity contribution >= 4 is 22.5 Å². The highest BCUT2D eigenvalue weighted by atomic mass is 16.1. The predicted octanol–water partition coefficient (Wildman–Crippen LogP) is 3.08. The topological polar surface area (TPSA) is 85.7 Å². The number of anilines is 1. The van der Waals surface area contributed by atoms with E-state index >= 15 is 0 Å². The van der Waals surface area contributed by atoms with Gasteiger partial charge in [0.1, 0.15) is 17.4 Å². The monoisotopic (exact) mass is 343 g/mol. The van der Waals surface area contributed by atoms with E-state index in [0.29, 0.717) is 18.0 Å². The van der Waals surface area contributed by atoms with Gasteiger partial charge in [0.25, 0.3) is 0 Å². The minimum atomic E-state index is 0.0992. The van der Waals surface area contributed by atoms with Crippen LogP contribution in [0.1, 0.15) is 12.1 Å². The molecule has 6 heteroatoms. The predicted molar refractivity (Wildman–Crippen MR) is 99.6 cm³/mol. The Labute approximate surface area is 150 Å². The molecule has 0 aliphatic carbocycles. The molecule has 6 nitrogen and oxygen atoms in total. The van der Waals surface area contributed by atoms with Gasteiger partial charge in [-0.2, -0.15) is 5.26 Å². The number of nitrogens with zero attached hydrogens (tertiary/aromatic N) is 4. The highest BCUT2D eigenvalue weighted by Crippen LogP contribution is 2.33. The molecule has 4 heterocycles. The van der Waals surface area contributed by atoms with E-state index in [9.17, 15) is 4.79 Å². The van der Waals surface area contributed by atoms with E-state index in [2.05, 4.69) is 38.6 Å². The molecular weight excluding hydrogens is 326 g/mol. The maximum atomic E-state index is 11.5. The number of aromatic amines is 1. The summed E-state index contributed by atoms with van der Waals surface area (Å²) in [5.74, 6) is 0.474. The molecule has 0 spiro atoms. The first-order valence-electron chi connectivity index (χ1n) is 8.42. The largest absolute Gasteiger partial charge is 0.370 e. The Morgan fingerprint density at radius 3 is 3.04 bits per heavy atom. The van der Waals surface area contributed by atoms with Crippen molar-refractivity contribution in [1.82, 2.24) is 15.0 Å². The van der Waals surface area contributed by atoms with Crippen LogP contribution < -0.4 is 4.90 Å². The molecule has 0 amide bonds. The molecule has 0 unspecified atom stereocenters. The Hall–Kier alpha value is -3.46. The fourth-order valence-corrected chi connectivity index (χ4v) is 3.34. The summed E-state index contributed by atoms with van der Waals surface area (Å²) in [5, 5.41) is 10.1. The average molecular weight is 343 g/mol. The Balaban J connectivity index is 1.61. The first-order valence-corrected chi connectivity index (χ1v) is 8.42. The second-order valence-corrected chi connectivity index (χ2v) is 6.48. The number of ketones is 1. The van der Waals surface area contributed by atoms with Gasteiger partial charge in [0.05, 0.1) is 11.9 Å². The summed E-state index contributed by atoms with van der Waals surface area (Å²) in [5.41, 5.74) is 4.15. The number of nitrogens with one attached hydrogen (secondary N) is 1. The molecule has 0 aromatic carbocycles. The third-order valence-electron chi connectivity index (χ3n) is 4.74. The molecule has 1 saturated heterocycles. The zero-order valence-corrected chi connectivity index (χ0v) is 14.1. The number of hydrogen-bond donors (Lipinski definition) is 1. The van der Waals surface area contributed by atoms with Crippen molar-refractivity contribution in [3.05, 3.63) is 55.1 Å². The van der Waals surface area contributed by atoms with Crippen molar-refractivity contribution in [2.75, 3.05) is 18.0 Å². The molecule has 0 saturated carbocycles. The molecule has 128 valence electrons. The van der Waals surface area contributed by atoms with Crippen molar-refractivity contribution in [2.45, 2.75) is 6.42 Å². The van der Waals surface area contributed by atoms with Gasteiger partial charge < -0.3 is 9.88 Å². The van der Waals surface area contributed by atoms with E-state index in [1.165, 1.54) is 6.08 Å². The number of rotatable bonds is 5. The molecule has 0 radical (unpaired) electrons. The second kappa shape index (κ2) is 6.45. The van der Waals surface area contributed by atoms with Crippen LogP contribution in [-0.4, -0.2) is 33.8 Å². The summed E-state index contributed by atoms with van der Waals surface area (Å²) >= 11 is 0. The molecule has 3 aromatic rings.